The minimum atomic E-state index is 0.635. The summed E-state index contributed by atoms with van der Waals surface area (Å²) in [6, 6.07) is 12.3. The number of hydrogen-bond acceptors (Lipinski definition) is 3. The smallest absolute Gasteiger partial charge is 0.203 e. The number of ether oxygens (including phenoxy) is 3. The quantitative estimate of drug-likeness (QED) is 0.666. The second-order valence-corrected chi connectivity index (χ2v) is 5.86. The molecule has 0 heterocycles. The van der Waals surface area contributed by atoms with Crippen LogP contribution in [0, 0.1) is 20.8 Å². The second kappa shape index (κ2) is 13.2. The topological polar surface area (TPSA) is 27.7 Å². The normalized spacial score (nSPS) is 9.12. The fourth-order valence-electron chi connectivity index (χ4n) is 1.85. The minimum absolute atomic E-state index is 0.635. The molecule has 3 nitrogen and oxygen atoms in total. The molecule has 25 heavy (non-hydrogen) atoms. The first-order valence-electron chi connectivity index (χ1n) is 8.73. The van der Waals surface area contributed by atoms with Gasteiger partial charge in [-0.2, -0.15) is 0 Å². The molecule has 0 aliphatic carbocycles. The average Bonchev–Trinajstić information content (AvgIpc) is 2.63. The lowest BCUT2D eigenvalue weighted by molar-refractivity contribution is 0.324. The van der Waals surface area contributed by atoms with Gasteiger partial charge in [0.2, 0.25) is 5.75 Å². The molecule has 0 fully saturated rings. The molecule has 0 spiro atoms. The second-order valence-electron chi connectivity index (χ2n) is 5.86. The van der Waals surface area contributed by atoms with Crippen molar-refractivity contribution < 1.29 is 14.2 Å². The maximum Gasteiger partial charge on any atom is 0.203 e. The van der Waals surface area contributed by atoms with E-state index in [1.807, 2.05) is 19.1 Å². The maximum absolute atomic E-state index is 5.16. The molecule has 0 unspecified atom stereocenters. The Morgan fingerprint density at radius 1 is 0.600 bits per heavy atom. The predicted molar refractivity (Wildman–Crippen MR) is 107 cm³/mol. The summed E-state index contributed by atoms with van der Waals surface area (Å²) in [6.45, 7) is 10.5. The van der Waals surface area contributed by atoms with Crippen LogP contribution in [0.4, 0.5) is 0 Å². The lowest BCUT2D eigenvalue weighted by atomic mass is 10.2. The Morgan fingerprint density at radius 2 is 0.960 bits per heavy atom. The van der Waals surface area contributed by atoms with Crippen molar-refractivity contribution in [2.75, 3.05) is 21.3 Å². The van der Waals surface area contributed by atoms with Crippen LogP contribution >= 0.6 is 0 Å². The van der Waals surface area contributed by atoms with Crippen LogP contribution in [0.5, 0.6) is 17.2 Å². The lowest BCUT2D eigenvalue weighted by Crippen LogP contribution is -1.95. The molecule has 0 aromatic heterocycles. The Hall–Kier alpha value is -2.16. The van der Waals surface area contributed by atoms with Gasteiger partial charge in [-0.1, -0.05) is 62.1 Å². The third kappa shape index (κ3) is 9.04. The molecule has 2 rings (SSSR count). The van der Waals surface area contributed by atoms with Crippen molar-refractivity contribution >= 4 is 0 Å². The number of hydrogen-bond donors (Lipinski definition) is 0. The van der Waals surface area contributed by atoms with Crippen molar-refractivity contribution in [3.8, 4) is 17.2 Å². The molecule has 2 aromatic rings. The molecule has 0 aliphatic heterocycles. The third-order valence-corrected chi connectivity index (χ3v) is 3.53. The fourth-order valence-corrected chi connectivity index (χ4v) is 1.85. The van der Waals surface area contributed by atoms with Gasteiger partial charge >= 0.3 is 0 Å². The summed E-state index contributed by atoms with van der Waals surface area (Å²) in [4.78, 5) is 0. The summed E-state index contributed by atoms with van der Waals surface area (Å²) in [5.74, 6) is 2.02. The van der Waals surface area contributed by atoms with Crippen molar-refractivity contribution in [2.45, 2.75) is 47.5 Å². The number of unbranched alkanes of at least 4 members (excludes halogenated alkanes) is 1. The van der Waals surface area contributed by atoms with E-state index in [0.29, 0.717) is 17.2 Å². The van der Waals surface area contributed by atoms with Gasteiger partial charge in [-0.3, -0.25) is 0 Å². The van der Waals surface area contributed by atoms with Gasteiger partial charge in [-0.05, 0) is 38.5 Å². The lowest BCUT2D eigenvalue weighted by Gasteiger charge is -2.12. The Morgan fingerprint density at radius 3 is 1.20 bits per heavy atom. The van der Waals surface area contributed by atoms with Crippen LogP contribution in [-0.4, -0.2) is 21.3 Å². The van der Waals surface area contributed by atoms with E-state index in [1.54, 1.807) is 21.3 Å². The van der Waals surface area contributed by atoms with Crippen molar-refractivity contribution in [2.24, 2.45) is 0 Å². The van der Waals surface area contributed by atoms with E-state index in [-0.39, 0.29) is 0 Å². The first kappa shape index (κ1) is 22.8. The van der Waals surface area contributed by atoms with Crippen LogP contribution in [0.3, 0.4) is 0 Å². The van der Waals surface area contributed by atoms with Gasteiger partial charge in [0.25, 0.3) is 0 Å². The highest BCUT2D eigenvalue weighted by Crippen LogP contribution is 2.37. The summed E-state index contributed by atoms with van der Waals surface area (Å²) in [7, 11) is 4.81. The Kier molecular flexibility index (Phi) is 12.0. The number of methoxy groups -OCH3 is 3. The molecule has 0 amide bonds. The van der Waals surface area contributed by atoms with Crippen LogP contribution in [0.2, 0.25) is 0 Å². The summed E-state index contributed by atoms with van der Waals surface area (Å²) >= 11 is 0. The number of benzene rings is 2. The zero-order valence-electron chi connectivity index (χ0n) is 17.1. The molecular formula is C22H34O3. The van der Waals surface area contributed by atoms with Gasteiger partial charge in [0, 0.05) is 0 Å². The van der Waals surface area contributed by atoms with Crippen molar-refractivity contribution in [3.63, 3.8) is 0 Å². The molecule has 140 valence electrons. The monoisotopic (exact) mass is 346 g/mol. The summed E-state index contributed by atoms with van der Waals surface area (Å²) in [5, 5.41) is 0. The first-order chi connectivity index (χ1) is 11.9. The van der Waals surface area contributed by atoms with Crippen LogP contribution in [0.25, 0.3) is 0 Å². The van der Waals surface area contributed by atoms with Gasteiger partial charge < -0.3 is 14.2 Å². The van der Waals surface area contributed by atoms with E-state index < -0.39 is 0 Å². The molecule has 0 radical (unpaired) electrons. The molecule has 0 saturated carbocycles. The van der Waals surface area contributed by atoms with Gasteiger partial charge in [-0.25, -0.2) is 0 Å². The maximum atomic E-state index is 5.16. The van der Waals surface area contributed by atoms with E-state index in [4.69, 9.17) is 14.2 Å². The summed E-state index contributed by atoms with van der Waals surface area (Å²) in [5.41, 5.74) is 3.74. The van der Waals surface area contributed by atoms with Gasteiger partial charge in [0.15, 0.2) is 11.5 Å². The van der Waals surface area contributed by atoms with Crippen LogP contribution in [-0.2, 0) is 0 Å². The molecule has 0 N–H and O–H groups in total. The van der Waals surface area contributed by atoms with E-state index in [9.17, 15) is 0 Å². The van der Waals surface area contributed by atoms with Gasteiger partial charge in [0.1, 0.15) is 0 Å². The zero-order valence-corrected chi connectivity index (χ0v) is 17.1. The number of rotatable bonds is 4. The van der Waals surface area contributed by atoms with Crippen LogP contribution < -0.4 is 14.2 Å². The van der Waals surface area contributed by atoms with E-state index >= 15 is 0 Å². The summed E-state index contributed by atoms with van der Waals surface area (Å²) < 4.78 is 15.5. The zero-order chi connectivity index (χ0) is 19.2. The largest absolute Gasteiger partial charge is 0.493 e. The standard InChI is InChI=1S/C10H14O3.C8H10.C4H10/c1-7-5-8(11-2)10(13-4)9(6-7)12-3;1-7-3-5-8(2)6-4-7;1-3-4-2/h5-6H,1-4H3;3-6H,1-2H3;3-4H2,1-2H3. The molecule has 3 heteroatoms. The molecule has 0 aliphatic rings. The SMILES string of the molecule is CCCC.COc1cc(C)cc(OC)c1OC.Cc1ccc(C)cc1. The van der Waals surface area contributed by atoms with E-state index in [0.717, 1.165) is 5.56 Å². The highest BCUT2D eigenvalue weighted by atomic mass is 16.5. The van der Waals surface area contributed by atoms with E-state index in [1.165, 1.54) is 24.0 Å². The summed E-state index contributed by atoms with van der Waals surface area (Å²) in [6.07, 6.45) is 2.64. The van der Waals surface area contributed by atoms with Crippen LogP contribution in [0.15, 0.2) is 36.4 Å². The highest BCUT2D eigenvalue weighted by molar-refractivity contribution is 5.53. The minimum Gasteiger partial charge on any atom is -0.493 e. The first-order valence-corrected chi connectivity index (χ1v) is 8.73. The van der Waals surface area contributed by atoms with Crippen molar-refractivity contribution in [3.05, 3.63) is 53.1 Å². The Bertz CT molecular complexity index is 541. The molecule has 2 aromatic carbocycles. The molecule has 0 bridgehead atoms. The fraction of sp³-hybridized carbons (Fsp3) is 0.455. The van der Waals surface area contributed by atoms with Crippen LogP contribution in [0.1, 0.15) is 43.4 Å². The average molecular weight is 347 g/mol. The molecular weight excluding hydrogens is 312 g/mol. The Balaban J connectivity index is 0.000000407. The van der Waals surface area contributed by atoms with Gasteiger partial charge in [-0.15, -0.1) is 0 Å². The predicted octanol–water partition coefficient (Wildman–Crippen LogP) is 6.13. The van der Waals surface area contributed by atoms with E-state index in [2.05, 4.69) is 52.0 Å². The Labute approximate surface area is 153 Å². The van der Waals surface area contributed by atoms with Gasteiger partial charge in [0.05, 0.1) is 21.3 Å². The van der Waals surface area contributed by atoms with Crippen molar-refractivity contribution in [1.29, 1.82) is 0 Å². The third-order valence-electron chi connectivity index (χ3n) is 3.53. The van der Waals surface area contributed by atoms with Crippen molar-refractivity contribution in [1.82, 2.24) is 0 Å². The molecule has 0 saturated heterocycles. The highest BCUT2D eigenvalue weighted by Gasteiger charge is 2.10. The molecule has 0 atom stereocenters. The number of aryl methyl sites for hydroxylation is 3.